The monoisotopic (exact) mass is 286 g/mol. The molecule has 0 spiro atoms. The van der Waals surface area contributed by atoms with Crippen LogP contribution in [0.25, 0.3) is 0 Å². The summed E-state index contributed by atoms with van der Waals surface area (Å²) in [5.74, 6) is 0.641. The average molecular weight is 286 g/mol. The van der Waals surface area contributed by atoms with Gasteiger partial charge >= 0.3 is 7.12 Å². The van der Waals surface area contributed by atoms with Gasteiger partial charge in [-0.05, 0) is 46.6 Å². The van der Waals surface area contributed by atoms with E-state index in [0.29, 0.717) is 16.9 Å². The Morgan fingerprint density at radius 2 is 1.90 bits per heavy atom. The number of ether oxygens (including phenoxy) is 1. The lowest BCUT2D eigenvalue weighted by Crippen LogP contribution is -2.41. The van der Waals surface area contributed by atoms with Gasteiger partial charge in [-0.15, -0.1) is 0 Å². The molecule has 1 aliphatic carbocycles. The molecule has 2 fully saturated rings. The lowest BCUT2D eigenvalue weighted by Gasteiger charge is -2.32. The fourth-order valence-electron chi connectivity index (χ4n) is 2.20. The predicted octanol–water partition coefficient (Wildman–Crippen LogP) is 1.79. The average Bonchev–Trinajstić information content (AvgIpc) is 3.17. The van der Waals surface area contributed by atoms with Gasteiger partial charge in [0.1, 0.15) is 17.5 Å². The number of aromatic nitrogens is 1. The molecule has 0 bridgehead atoms. The molecular formula is C15H19BN2O3. The van der Waals surface area contributed by atoms with E-state index in [2.05, 4.69) is 11.1 Å². The van der Waals surface area contributed by atoms with Crippen LogP contribution in [0.5, 0.6) is 5.75 Å². The second kappa shape index (κ2) is 4.72. The van der Waals surface area contributed by atoms with Gasteiger partial charge in [-0.25, -0.2) is 4.98 Å². The number of rotatable bonds is 3. The highest BCUT2D eigenvalue weighted by Gasteiger charge is 2.53. The topological polar surface area (TPSA) is 64.4 Å². The van der Waals surface area contributed by atoms with Gasteiger partial charge in [0.25, 0.3) is 0 Å². The molecule has 1 saturated heterocycles. The Labute approximate surface area is 125 Å². The zero-order valence-electron chi connectivity index (χ0n) is 12.8. The first-order valence-electron chi connectivity index (χ1n) is 7.25. The highest BCUT2D eigenvalue weighted by Crippen LogP contribution is 2.37. The lowest BCUT2D eigenvalue weighted by molar-refractivity contribution is 0.00578. The van der Waals surface area contributed by atoms with Crippen LogP contribution >= 0.6 is 0 Å². The predicted molar refractivity (Wildman–Crippen MR) is 78.3 cm³/mol. The van der Waals surface area contributed by atoms with Gasteiger partial charge in [0.2, 0.25) is 0 Å². The van der Waals surface area contributed by atoms with Crippen LogP contribution in [0, 0.1) is 11.3 Å². The summed E-state index contributed by atoms with van der Waals surface area (Å²) < 4.78 is 18.0. The molecule has 0 atom stereocenters. The summed E-state index contributed by atoms with van der Waals surface area (Å²) in [5.41, 5.74) is -0.0223. The molecule has 6 heteroatoms. The molecule has 1 aromatic heterocycles. The quantitative estimate of drug-likeness (QED) is 0.793. The third-order valence-corrected chi connectivity index (χ3v) is 4.36. The maximum atomic E-state index is 9.33. The molecule has 1 aromatic rings. The minimum absolute atomic E-state index is 0.236. The van der Waals surface area contributed by atoms with Crippen LogP contribution in [0.4, 0.5) is 0 Å². The molecule has 3 rings (SSSR count). The van der Waals surface area contributed by atoms with E-state index in [4.69, 9.17) is 14.0 Å². The van der Waals surface area contributed by atoms with Crippen molar-refractivity contribution in [3.8, 4) is 11.8 Å². The van der Waals surface area contributed by atoms with Crippen molar-refractivity contribution >= 4 is 12.6 Å². The van der Waals surface area contributed by atoms with E-state index in [-0.39, 0.29) is 6.10 Å². The fourth-order valence-corrected chi connectivity index (χ4v) is 2.20. The minimum Gasteiger partial charge on any atom is -0.491 e. The molecule has 1 saturated carbocycles. The summed E-state index contributed by atoms with van der Waals surface area (Å²) >= 11 is 0. The summed E-state index contributed by atoms with van der Waals surface area (Å²) in [6.07, 6.45) is 3.92. The van der Waals surface area contributed by atoms with Crippen molar-refractivity contribution in [3.63, 3.8) is 0 Å². The smallest absolute Gasteiger partial charge is 0.491 e. The molecule has 0 amide bonds. The van der Waals surface area contributed by atoms with Gasteiger partial charge < -0.3 is 14.0 Å². The molecule has 0 unspecified atom stereocenters. The van der Waals surface area contributed by atoms with Crippen molar-refractivity contribution in [1.29, 1.82) is 5.26 Å². The second-order valence-corrected chi connectivity index (χ2v) is 6.59. The summed E-state index contributed by atoms with van der Waals surface area (Å²) in [7, 11) is -0.632. The standard InChI is InChI=1S/C15H19BN2O3/c1-14(2)15(3,4)21-16(20-14)13-11(9-17)18-8-7-12(13)19-10-5-6-10/h7-8,10H,5-6H2,1-4H3. The lowest BCUT2D eigenvalue weighted by atomic mass is 9.77. The Morgan fingerprint density at radius 1 is 1.29 bits per heavy atom. The van der Waals surface area contributed by atoms with E-state index in [1.807, 2.05) is 27.7 Å². The molecule has 0 radical (unpaired) electrons. The largest absolute Gasteiger partial charge is 0.501 e. The van der Waals surface area contributed by atoms with Gasteiger partial charge in [0.05, 0.1) is 22.8 Å². The van der Waals surface area contributed by atoms with Crippen LogP contribution in [0.15, 0.2) is 12.3 Å². The summed E-state index contributed by atoms with van der Waals surface area (Å²) in [4.78, 5) is 4.12. The van der Waals surface area contributed by atoms with Crippen LogP contribution in [-0.4, -0.2) is 29.4 Å². The molecule has 2 heterocycles. The fraction of sp³-hybridized carbons (Fsp3) is 0.600. The van der Waals surface area contributed by atoms with Crippen molar-refractivity contribution in [1.82, 2.24) is 4.98 Å². The Hall–Kier alpha value is -1.58. The number of pyridine rings is 1. The Bertz CT molecular complexity index is 589. The van der Waals surface area contributed by atoms with E-state index >= 15 is 0 Å². The first-order valence-corrected chi connectivity index (χ1v) is 7.25. The SMILES string of the molecule is CC1(C)OB(c2c(OC3CC3)ccnc2C#N)OC1(C)C. The summed E-state index contributed by atoms with van der Waals surface area (Å²) in [5, 5.41) is 9.33. The third kappa shape index (κ3) is 2.52. The van der Waals surface area contributed by atoms with Gasteiger partial charge in [-0.3, -0.25) is 0 Å². The summed E-state index contributed by atoms with van der Waals surface area (Å²) in [6.45, 7) is 7.93. The number of hydrogen-bond donors (Lipinski definition) is 0. The maximum Gasteiger partial charge on any atom is 0.501 e. The minimum atomic E-state index is -0.632. The molecule has 2 aliphatic rings. The van der Waals surface area contributed by atoms with Crippen molar-refractivity contribution in [2.75, 3.05) is 0 Å². The molecule has 21 heavy (non-hydrogen) atoms. The highest BCUT2D eigenvalue weighted by molar-refractivity contribution is 6.63. The van der Waals surface area contributed by atoms with E-state index in [0.717, 1.165) is 12.8 Å². The molecule has 0 aromatic carbocycles. The van der Waals surface area contributed by atoms with E-state index < -0.39 is 18.3 Å². The van der Waals surface area contributed by atoms with Crippen molar-refractivity contribution in [2.24, 2.45) is 0 Å². The molecule has 5 nitrogen and oxygen atoms in total. The van der Waals surface area contributed by atoms with Gasteiger partial charge in [0, 0.05) is 6.20 Å². The van der Waals surface area contributed by atoms with Crippen molar-refractivity contribution in [2.45, 2.75) is 57.8 Å². The number of nitrogens with zero attached hydrogens (tertiary/aromatic N) is 2. The van der Waals surface area contributed by atoms with Crippen LogP contribution in [0.3, 0.4) is 0 Å². The van der Waals surface area contributed by atoms with E-state index in [1.165, 1.54) is 0 Å². The van der Waals surface area contributed by atoms with E-state index in [1.54, 1.807) is 12.3 Å². The van der Waals surface area contributed by atoms with E-state index in [9.17, 15) is 5.26 Å². The molecule has 110 valence electrons. The van der Waals surface area contributed by atoms with Gasteiger partial charge in [-0.1, -0.05) is 0 Å². The number of hydrogen-bond acceptors (Lipinski definition) is 5. The van der Waals surface area contributed by atoms with Gasteiger partial charge in [-0.2, -0.15) is 5.26 Å². The van der Waals surface area contributed by atoms with Crippen LogP contribution in [-0.2, 0) is 9.31 Å². The first-order chi connectivity index (χ1) is 9.84. The van der Waals surface area contributed by atoms with Gasteiger partial charge in [0.15, 0.2) is 0 Å². The third-order valence-electron chi connectivity index (χ3n) is 4.36. The van der Waals surface area contributed by atoms with Crippen LogP contribution in [0.1, 0.15) is 46.2 Å². The normalized spacial score (nSPS) is 22.9. The number of nitriles is 1. The Morgan fingerprint density at radius 3 is 2.43 bits per heavy atom. The zero-order valence-corrected chi connectivity index (χ0v) is 12.8. The zero-order chi connectivity index (χ0) is 15.3. The maximum absolute atomic E-state index is 9.33. The van der Waals surface area contributed by atoms with Crippen molar-refractivity contribution in [3.05, 3.63) is 18.0 Å². The molecular weight excluding hydrogens is 267 g/mol. The van der Waals surface area contributed by atoms with Crippen molar-refractivity contribution < 1.29 is 14.0 Å². The molecule has 0 N–H and O–H groups in total. The van der Waals surface area contributed by atoms with Crippen LogP contribution in [0.2, 0.25) is 0 Å². The molecule has 1 aliphatic heterocycles. The Balaban J connectivity index is 1.99. The summed E-state index contributed by atoms with van der Waals surface area (Å²) in [6, 6.07) is 3.89. The second-order valence-electron chi connectivity index (χ2n) is 6.59. The van der Waals surface area contributed by atoms with Crippen LogP contribution < -0.4 is 10.2 Å². The highest BCUT2D eigenvalue weighted by atomic mass is 16.7. The first kappa shape index (κ1) is 14.4. The Kier molecular flexibility index (Phi) is 3.23.